The monoisotopic (exact) mass is 429 g/mol. The van der Waals surface area contributed by atoms with Crippen molar-refractivity contribution in [1.82, 2.24) is 0 Å². The highest BCUT2D eigenvalue weighted by atomic mass is 79.9. The van der Waals surface area contributed by atoms with Gasteiger partial charge in [0.15, 0.2) is 11.5 Å². The molecular weight excluding hydrogens is 418 g/mol. The minimum Gasteiger partial charge on any atom is -0.454 e. The van der Waals surface area contributed by atoms with E-state index in [9.17, 15) is 20.2 Å². The first kappa shape index (κ1) is 18.4. The maximum absolute atomic E-state index is 12.5. The van der Waals surface area contributed by atoms with Crippen molar-refractivity contribution in [2.45, 2.75) is 6.92 Å². The summed E-state index contributed by atoms with van der Waals surface area (Å²) < 4.78 is 11.2. The average molecular weight is 430 g/mol. The number of rotatable bonds is 4. The van der Waals surface area contributed by atoms with Crippen LogP contribution < -0.4 is 14.8 Å². The highest BCUT2D eigenvalue weighted by Gasteiger charge is 2.18. The SMILES string of the molecule is Cc1ccc([N+](=O)[O-])cc1NC(=O)/C(C#N)=C/c1cc2c(cc1Br)OCO2. The molecule has 3 rings (SSSR count). The van der Waals surface area contributed by atoms with Crippen molar-refractivity contribution < 1.29 is 19.2 Å². The van der Waals surface area contributed by atoms with Gasteiger partial charge in [0.2, 0.25) is 6.79 Å². The second kappa shape index (κ2) is 7.47. The van der Waals surface area contributed by atoms with E-state index in [-0.39, 0.29) is 23.7 Å². The van der Waals surface area contributed by atoms with Crippen LogP contribution >= 0.6 is 15.9 Å². The summed E-state index contributed by atoms with van der Waals surface area (Å²) in [7, 11) is 0. The Balaban J connectivity index is 1.90. The van der Waals surface area contributed by atoms with Crippen molar-refractivity contribution in [3.05, 3.63) is 61.6 Å². The predicted octanol–water partition coefficient (Wildman–Crippen LogP) is 3.94. The third-order valence-electron chi connectivity index (χ3n) is 3.84. The molecule has 27 heavy (non-hydrogen) atoms. The molecule has 9 heteroatoms. The highest BCUT2D eigenvalue weighted by molar-refractivity contribution is 9.10. The van der Waals surface area contributed by atoms with Crippen LogP contribution in [-0.2, 0) is 4.79 Å². The Morgan fingerprint density at radius 3 is 2.70 bits per heavy atom. The van der Waals surface area contributed by atoms with Gasteiger partial charge in [0.05, 0.1) is 10.6 Å². The van der Waals surface area contributed by atoms with Crippen molar-refractivity contribution in [2.75, 3.05) is 12.1 Å². The van der Waals surface area contributed by atoms with E-state index in [0.29, 0.717) is 27.1 Å². The van der Waals surface area contributed by atoms with E-state index in [1.807, 2.05) is 6.07 Å². The summed E-state index contributed by atoms with van der Waals surface area (Å²) in [5.74, 6) is 0.400. The van der Waals surface area contributed by atoms with Gasteiger partial charge >= 0.3 is 0 Å². The summed E-state index contributed by atoms with van der Waals surface area (Å²) in [4.78, 5) is 22.8. The zero-order valence-corrected chi connectivity index (χ0v) is 15.6. The largest absolute Gasteiger partial charge is 0.454 e. The molecule has 0 aliphatic carbocycles. The molecule has 0 bridgehead atoms. The molecule has 1 aliphatic heterocycles. The van der Waals surface area contributed by atoms with Crippen LogP contribution in [0.15, 0.2) is 40.4 Å². The number of hydrogen-bond acceptors (Lipinski definition) is 6. The summed E-state index contributed by atoms with van der Waals surface area (Å²) in [5.41, 5.74) is 1.13. The average Bonchev–Trinajstić information content (AvgIpc) is 3.08. The van der Waals surface area contributed by atoms with Gasteiger partial charge < -0.3 is 14.8 Å². The molecule has 0 fully saturated rings. The van der Waals surface area contributed by atoms with Gasteiger partial charge in [-0.1, -0.05) is 22.0 Å². The molecule has 1 heterocycles. The molecule has 1 N–H and O–H groups in total. The van der Waals surface area contributed by atoms with Crippen molar-refractivity contribution in [2.24, 2.45) is 0 Å². The minimum atomic E-state index is -0.675. The Bertz CT molecular complexity index is 1030. The fraction of sp³-hybridized carbons (Fsp3) is 0.111. The number of nitriles is 1. The molecule has 0 aromatic heterocycles. The summed E-state index contributed by atoms with van der Waals surface area (Å²) >= 11 is 3.36. The van der Waals surface area contributed by atoms with E-state index in [4.69, 9.17) is 9.47 Å². The lowest BCUT2D eigenvalue weighted by Gasteiger charge is -2.08. The number of carbonyl (C=O) groups excluding carboxylic acids is 1. The van der Waals surface area contributed by atoms with Gasteiger partial charge in [-0.05, 0) is 36.3 Å². The lowest BCUT2D eigenvalue weighted by Crippen LogP contribution is -2.14. The van der Waals surface area contributed by atoms with E-state index in [1.54, 1.807) is 19.1 Å². The van der Waals surface area contributed by atoms with Crippen molar-refractivity contribution in [3.63, 3.8) is 0 Å². The summed E-state index contributed by atoms with van der Waals surface area (Å²) in [6.07, 6.45) is 1.40. The first-order valence-electron chi connectivity index (χ1n) is 7.66. The predicted molar refractivity (Wildman–Crippen MR) is 100 cm³/mol. The van der Waals surface area contributed by atoms with Crippen LogP contribution in [0.2, 0.25) is 0 Å². The highest BCUT2D eigenvalue weighted by Crippen LogP contribution is 2.37. The number of halogens is 1. The third-order valence-corrected chi connectivity index (χ3v) is 4.52. The molecular formula is C18H12BrN3O5. The lowest BCUT2D eigenvalue weighted by molar-refractivity contribution is -0.384. The van der Waals surface area contributed by atoms with Gasteiger partial charge in [0.25, 0.3) is 11.6 Å². The first-order chi connectivity index (χ1) is 12.9. The molecule has 8 nitrogen and oxygen atoms in total. The standard InChI is InChI=1S/C18H12BrN3O5/c1-10-2-3-13(22(24)25)6-15(10)21-18(23)12(8-20)4-11-5-16-17(7-14(11)19)27-9-26-16/h2-7H,9H2,1H3,(H,21,23)/b12-4+. The van der Waals surface area contributed by atoms with E-state index in [2.05, 4.69) is 21.2 Å². The number of anilines is 1. The summed E-state index contributed by atoms with van der Waals surface area (Å²) in [5, 5.41) is 22.8. The minimum absolute atomic E-state index is 0.104. The van der Waals surface area contributed by atoms with E-state index in [0.717, 1.165) is 0 Å². The molecule has 0 saturated heterocycles. The number of nitrogens with one attached hydrogen (secondary N) is 1. The number of benzene rings is 2. The van der Waals surface area contributed by atoms with Gasteiger partial charge in [-0.3, -0.25) is 14.9 Å². The van der Waals surface area contributed by atoms with Crippen LogP contribution in [0.4, 0.5) is 11.4 Å². The van der Waals surface area contributed by atoms with Crippen LogP contribution in [0.25, 0.3) is 6.08 Å². The number of fused-ring (bicyclic) bond motifs is 1. The molecule has 0 unspecified atom stereocenters. The van der Waals surface area contributed by atoms with Crippen LogP contribution in [0.3, 0.4) is 0 Å². The number of hydrogen-bond donors (Lipinski definition) is 1. The van der Waals surface area contributed by atoms with Gasteiger partial charge in [-0.25, -0.2) is 0 Å². The zero-order valence-electron chi connectivity index (χ0n) is 14.0. The Morgan fingerprint density at radius 1 is 1.33 bits per heavy atom. The Kier molecular flexibility index (Phi) is 5.09. The Hall–Kier alpha value is -3.38. The van der Waals surface area contributed by atoms with Crippen molar-refractivity contribution in [1.29, 1.82) is 5.26 Å². The number of nitrogens with zero attached hydrogens (tertiary/aromatic N) is 2. The van der Waals surface area contributed by atoms with Crippen LogP contribution in [-0.4, -0.2) is 17.6 Å². The van der Waals surface area contributed by atoms with Gasteiger partial charge in [-0.15, -0.1) is 0 Å². The number of nitro benzene ring substituents is 1. The third kappa shape index (κ3) is 3.91. The maximum atomic E-state index is 12.5. The molecule has 2 aromatic rings. The second-order valence-corrected chi connectivity index (χ2v) is 6.46. The number of nitro groups is 1. The number of non-ortho nitro benzene ring substituents is 1. The maximum Gasteiger partial charge on any atom is 0.271 e. The topological polar surface area (TPSA) is 114 Å². The molecule has 0 spiro atoms. The Morgan fingerprint density at radius 2 is 2.04 bits per heavy atom. The lowest BCUT2D eigenvalue weighted by atomic mass is 10.1. The van der Waals surface area contributed by atoms with E-state index >= 15 is 0 Å². The quantitative estimate of drug-likeness (QED) is 0.340. The normalized spacial score (nSPS) is 12.4. The van der Waals surface area contributed by atoms with Crippen LogP contribution in [0, 0.1) is 28.4 Å². The van der Waals surface area contributed by atoms with Crippen LogP contribution in [0.5, 0.6) is 11.5 Å². The zero-order chi connectivity index (χ0) is 19.6. The number of amides is 1. The molecule has 0 atom stereocenters. The number of ether oxygens (including phenoxy) is 2. The number of aryl methyl sites for hydroxylation is 1. The fourth-order valence-electron chi connectivity index (χ4n) is 2.40. The number of carbonyl (C=O) groups is 1. The fourth-order valence-corrected chi connectivity index (χ4v) is 2.83. The first-order valence-corrected chi connectivity index (χ1v) is 8.45. The molecule has 1 amide bonds. The van der Waals surface area contributed by atoms with Crippen LogP contribution in [0.1, 0.15) is 11.1 Å². The molecule has 1 aliphatic rings. The summed E-state index contributed by atoms with van der Waals surface area (Å²) in [6.45, 7) is 1.80. The van der Waals surface area contributed by atoms with E-state index in [1.165, 1.54) is 24.3 Å². The van der Waals surface area contributed by atoms with E-state index < -0.39 is 10.8 Å². The van der Waals surface area contributed by atoms with Gasteiger partial charge in [0, 0.05) is 16.6 Å². The summed E-state index contributed by atoms with van der Waals surface area (Å²) in [6, 6.07) is 9.30. The van der Waals surface area contributed by atoms with Crippen molar-refractivity contribution >= 4 is 39.3 Å². The van der Waals surface area contributed by atoms with Gasteiger partial charge in [0.1, 0.15) is 11.6 Å². The molecule has 0 saturated carbocycles. The molecule has 0 radical (unpaired) electrons. The smallest absolute Gasteiger partial charge is 0.271 e. The molecule has 2 aromatic carbocycles. The molecule has 136 valence electrons. The second-order valence-electron chi connectivity index (χ2n) is 5.61. The Labute approximate surface area is 162 Å². The van der Waals surface area contributed by atoms with Crippen molar-refractivity contribution in [3.8, 4) is 17.6 Å². The van der Waals surface area contributed by atoms with Gasteiger partial charge in [-0.2, -0.15) is 5.26 Å².